The third-order valence-electron chi connectivity index (χ3n) is 3.66. The van der Waals surface area contributed by atoms with Crippen molar-refractivity contribution in [3.8, 4) is 0 Å². The largest absolute Gasteiger partial charge is 1.00 e. The van der Waals surface area contributed by atoms with E-state index >= 15 is 0 Å². The van der Waals surface area contributed by atoms with Gasteiger partial charge in [-0.05, 0) is 0 Å². The van der Waals surface area contributed by atoms with E-state index in [4.69, 9.17) is 0 Å². The third kappa shape index (κ3) is 2.19. The van der Waals surface area contributed by atoms with Crippen LogP contribution < -0.4 is 24.8 Å². The number of allylic oxidation sites excluding steroid dienone is 8. The van der Waals surface area contributed by atoms with Crippen LogP contribution in [-0.4, -0.2) is 0 Å². The van der Waals surface area contributed by atoms with Gasteiger partial charge in [-0.1, -0.05) is 0 Å². The SMILES string of the molecule is CC1=[C]2CC=C1CC1=CC[C](=C1C)[Zr+2]2.[Cl-].[Cl-]. The van der Waals surface area contributed by atoms with E-state index in [1.807, 2.05) is 6.56 Å². The predicted octanol–water partition coefficient (Wildman–Crippen LogP) is -2.31. The van der Waals surface area contributed by atoms with Crippen LogP contribution in [-0.2, 0) is 23.2 Å². The monoisotopic (exact) mass is 330 g/mol. The molecule has 3 aliphatic rings. The van der Waals surface area contributed by atoms with Gasteiger partial charge in [0.05, 0.1) is 0 Å². The van der Waals surface area contributed by atoms with Gasteiger partial charge in [0.2, 0.25) is 0 Å². The van der Waals surface area contributed by atoms with Crippen molar-refractivity contribution in [2.45, 2.75) is 33.1 Å². The maximum Gasteiger partial charge on any atom is -1.00 e. The topological polar surface area (TPSA) is 0 Å². The summed E-state index contributed by atoms with van der Waals surface area (Å²) in [7, 11) is 0. The molecule has 0 aromatic heterocycles. The Morgan fingerprint density at radius 3 is 1.75 bits per heavy atom. The van der Waals surface area contributed by atoms with Gasteiger partial charge in [0.15, 0.2) is 0 Å². The Morgan fingerprint density at radius 2 is 1.31 bits per heavy atom. The summed E-state index contributed by atoms with van der Waals surface area (Å²) in [5, 5.41) is 0. The zero-order chi connectivity index (χ0) is 9.71. The second kappa shape index (κ2) is 5.38. The molecule has 0 atom stereocenters. The van der Waals surface area contributed by atoms with Crippen molar-refractivity contribution in [2.24, 2.45) is 0 Å². The average molecular weight is 332 g/mol. The fourth-order valence-corrected chi connectivity index (χ4v) is 6.15. The van der Waals surface area contributed by atoms with Crippen molar-refractivity contribution < 1.29 is 48.0 Å². The van der Waals surface area contributed by atoms with Crippen LogP contribution in [0.15, 0.2) is 41.0 Å². The Morgan fingerprint density at radius 1 is 0.875 bits per heavy atom. The first-order valence-electron chi connectivity index (χ1n) is 5.31. The van der Waals surface area contributed by atoms with Crippen molar-refractivity contribution in [2.75, 3.05) is 0 Å². The maximum atomic E-state index is 2.47. The van der Waals surface area contributed by atoms with E-state index in [1.165, 1.54) is 19.3 Å². The van der Waals surface area contributed by atoms with Crippen molar-refractivity contribution in [3.05, 3.63) is 41.0 Å². The molecule has 0 radical (unpaired) electrons. The molecule has 0 unspecified atom stereocenters. The quantitative estimate of drug-likeness (QED) is 0.468. The van der Waals surface area contributed by atoms with Crippen LogP contribution in [0.4, 0.5) is 0 Å². The number of halogens is 2. The number of fused-ring (bicyclic) bond motifs is 2. The summed E-state index contributed by atoms with van der Waals surface area (Å²) in [6.07, 6.45) is 8.74. The molecule has 0 aromatic carbocycles. The second-order valence-corrected chi connectivity index (χ2v) is 7.96. The van der Waals surface area contributed by atoms with Gasteiger partial charge in [-0.15, -0.1) is 0 Å². The van der Waals surface area contributed by atoms with Gasteiger partial charge in [-0.3, -0.25) is 0 Å². The van der Waals surface area contributed by atoms with Crippen LogP contribution in [0.5, 0.6) is 0 Å². The van der Waals surface area contributed by atoms with Gasteiger partial charge in [-0.25, -0.2) is 0 Å². The van der Waals surface area contributed by atoms with E-state index in [-0.39, 0.29) is 48.0 Å². The standard InChI is InChI=1S/C13H14.2ClH.Zr/c1-10-5-3-7-12(10)9-13-8-4-6-11(13)2;;;/h7-8H,3-4,9H2,1-2H3;2*1H;/q;;;+2/p-2. The van der Waals surface area contributed by atoms with Gasteiger partial charge >= 0.3 is 97.4 Å². The summed E-state index contributed by atoms with van der Waals surface area (Å²) >= 11 is -0.371. The van der Waals surface area contributed by atoms with Crippen LogP contribution in [0.25, 0.3) is 0 Å². The Labute approximate surface area is 121 Å². The molecule has 0 saturated carbocycles. The van der Waals surface area contributed by atoms with Crippen LogP contribution in [0, 0.1) is 0 Å². The molecule has 2 aliphatic carbocycles. The van der Waals surface area contributed by atoms with E-state index in [1.54, 1.807) is 22.3 Å². The zero-order valence-electron chi connectivity index (χ0n) is 9.53. The van der Waals surface area contributed by atoms with Crippen LogP contribution in [0.1, 0.15) is 33.1 Å². The first-order chi connectivity index (χ1) is 6.75. The normalized spacial score (nSPS) is 20.9. The number of hydrogen-bond acceptors (Lipinski definition) is 0. The minimum atomic E-state index is -0.371. The summed E-state index contributed by atoms with van der Waals surface area (Å²) in [5.74, 6) is 0. The Bertz CT molecular complexity index is 386. The second-order valence-electron chi connectivity index (χ2n) is 4.38. The smallest absolute Gasteiger partial charge is 1.00 e. The summed E-state index contributed by atoms with van der Waals surface area (Å²) in [4.78, 5) is 0. The number of rotatable bonds is 0. The summed E-state index contributed by atoms with van der Waals surface area (Å²) in [6, 6.07) is 0. The molecule has 0 fully saturated rings. The fraction of sp³-hybridized carbons (Fsp3) is 0.385. The van der Waals surface area contributed by atoms with E-state index in [0.717, 1.165) is 0 Å². The van der Waals surface area contributed by atoms with Gasteiger partial charge in [0.1, 0.15) is 0 Å². The van der Waals surface area contributed by atoms with Crippen molar-refractivity contribution in [1.29, 1.82) is 0 Å². The molecule has 4 bridgehead atoms. The molecule has 0 N–H and O–H groups in total. The Kier molecular flexibility index (Phi) is 4.87. The summed E-state index contributed by atoms with van der Waals surface area (Å²) in [5.41, 5.74) is 6.59. The minimum Gasteiger partial charge on any atom is -1.00 e. The molecule has 0 aromatic rings. The van der Waals surface area contributed by atoms with E-state index in [9.17, 15) is 0 Å². The van der Waals surface area contributed by atoms with Gasteiger partial charge in [0.25, 0.3) is 0 Å². The van der Waals surface area contributed by atoms with E-state index in [2.05, 4.69) is 26.0 Å². The molecular formula is C13H14Cl2Zr. The van der Waals surface area contributed by atoms with E-state index < -0.39 is 0 Å². The summed E-state index contributed by atoms with van der Waals surface area (Å²) < 4.78 is 3.68. The van der Waals surface area contributed by atoms with Gasteiger partial charge in [0, 0.05) is 0 Å². The fourth-order valence-electron chi connectivity index (χ4n) is 2.54. The summed E-state index contributed by atoms with van der Waals surface area (Å²) in [6.45, 7) is 4.69. The van der Waals surface area contributed by atoms with E-state index in [0.29, 0.717) is 0 Å². The Hall–Kier alpha value is 0.423. The van der Waals surface area contributed by atoms with Crippen molar-refractivity contribution in [1.82, 2.24) is 0 Å². The molecule has 0 amide bonds. The third-order valence-corrected chi connectivity index (χ3v) is 7.99. The van der Waals surface area contributed by atoms with Crippen molar-refractivity contribution in [3.63, 3.8) is 0 Å². The predicted molar refractivity (Wildman–Crippen MR) is 55.4 cm³/mol. The number of hydrogen-bond donors (Lipinski definition) is 0. The molecule has 0 spiro atoms. The molecule has 3 rings (SSSR count). The Balaban J connectivity index is 0.000000640. The van der Waals surface area contributed by atoms with Crippen molar-refractivity contribution >= 4 is 0 Å². The molecule has 3 heteroatoms. The first-order valence-corrected chi connectivity index (χ1v) is 7.77. The van der Waals surface area contributed by atoms with Crippen LogP contribution >= 0.6 is 0 Å². The molecule has 1 heterocycles. The maximum absolute atomic E-state index is 2.47. The molecule has 84 valence electrons. The minimum absolute atomic E-state index is 0. The molecular weight excluding hydrogens is 318 g/mol. The molecule has 16 heavy (non-hydrogen) atoms. The van der Waals surface area contributed by atoms with Crippen LogP contribution in [0.3, 0.4) is 0 Å². The van der Waals surface area contributed by atoms with Crippen LogP contribution in [0.2, 0.25) is 0 Å². The molecule has 1 aliphatic heterocycles. The first kappa shape index (κ1) is 14.5. The average Bonchev–Trinajstić information content (AvgIpc) is 2.72. The zero-order valence-corrected chi connectivity index (χ0v) is 13.5. The van der Waals surface area contributed by atoms with Gasteiger partial charge in [-0.2, -0.15) is 0 Å². The molecule has 0 saturated heterocycles. The van der Waals surface area contributed by atoms with Gasteiger partial charge < -0.3 is 24.8 Å². The molecule has 0 nitrogen and oxygen atoms in total.